The first-order chi connectivity index (χ1) is 9.49. The van der Waals surface area contributed by atoms with Gasteiger partial charge >= 0.3 is 0 Å². The van der Waals surface area contributed by atoms with Gasteiger partial charge in [0.2, 0.25) is 0 Å². The molecule has 0 aliphatic carbocycles. The van der Waals surface area contributed by atoms with Gasteiger partial charge in [-0.15, -0.1) is 11.8 Å². The fourth-order valence-electron chi connectivity index (χ4n) is 1.78. The summed E-state index contributed by atoms with van der Waals surface area (Å²) in [5.41, 5.74) is 6.11. The van der Waals surface area contributed by atoms with Crippen LogP contribution in [0.1, 0.15) is 30.6 Å². The van der Waals surface area contributed by atoms with Crippen LogP contribution in [0.2, 0.25) is 0 Å². The van der Waals surface area contributed by atoms with E-state index in [-0.39, 0.29) is 17.8 Å². The van der Waals surface area contributed by atoms with Crippen molar-refractivity contribution in [1.29, 1.82) is 0 Å². The number of benzene rings is 1. The van der Waals surface area contributed by atoms with Gasteiger partial charge in [0.15, 0.2) is 0 Å². The molecule has 1 aromatic rings. The van der Waals surface area contributed by atoms with Crippen molar-refractivity contribution in [2.24, 2.45) is 10.9 Å². The summed E-state index contributed by atoms with van der Waals surface area (Å²) < 4.78 is 0. The van der Waals surface area contributed by atoms with Crippen molar-refractivity contribution in [3.8, 4) is 0 Å². The minimum absolute atomic E-state index is 0.0432. The second-order valence-corrected chi connectivity index (χ2v) is 5.54. The largest absolute Gasteiger partial charge is 0.409 e. The highest BCUT2D eigenvalue weighted by Gasteiger charge is 2.18. The molecule has 0 saturated heterocycles. The molecule has 20 heavy (non-hydrogen) atoms. The average Bonchev–Trinajstić information content (AvgIpc) is 2.46. The molecule has 0 aromatic heterocycles. The standard InChI is InChI=1S/C14H21N3O2S/c1-10(2)17(9-8-13(15)16-19)14(18)11-4-6-12(20-3)7-5-11/h4-7,10,19H,8-9H2,1-3H3,(H2,15,16). The maximum absolute atomic E-state index is 12.5. The number of nitrogens with zero attached hydrogens (tertiary/aromatic N) is 2. The molecule has 1 aromatic carbocycles. The SMILES string of the molecule is CSc1ccc(C(=O)N(CCC(N)=NO)C(C)C)cc1. The molecule has 110 valence electrons. The first-order valence-electron chi connectivity index (χ1n) is 6.41. The van der Waals surface area contributed by atoms with Crippen molar-refractivity contribution in [3.63, 3.8) is 0 Å². The number of hydrogen-bond donors (Lipinski definition) is 2. The van der Waals surface area contributed by atoms with E-state index in [9.17, 15) is 4.79 Å². The molecule has 5 nitrogen and oxygen atoms in total. The van der Waals surface area contributed by atoms with Crippen LogP contribution in [-0.4, -0.2) is 40.7 Å². The van der Waals surface area contributed by atoms with E-state index in [4.69, 9.17) is 10.9 Å². The van der Waals surface area contributed by atoms with Gasteiger partial charge in [-0.3, -0.25) is 4.79 Å². The number of oxime groups is 1. The van der Waals surface area contributed by atoms with Crippen LogP contribution in [0.3, 0.4) is 0 Å². The van der Waals surface area contributed by atoms with Crippen LogP contribution in [0.25, 0.3) is 0 Å². The Labute approximate surface area is 123 Å². The molecule has 0 unspecified atom stereocenters. The van der Waals surface area contributed by atoms with Gasteiger partial charge in [0.05, 0.1) is 0 Å². The molecule has 0 spiro atoms. The zero-order chi connectivity index (χ0) is 15.1. The molecule has 3 N–H and O–H groups in total. The van der Waals surface area contributed by atoms with Gasteiger partial charge in [0, 0.05) is 29.5 Å². The van der Waals surface area contributed by atoms with Crippen molar-refractivity contribution in [1.82, 2.24) is 4.90 Å². The summed E-state index contributed by atoms with van der Waals surface area (Å²) in [5.74, 6) is 0.0829. The smallest absolute Gasteiger partial charge is 0.254 e. The lowest BCUT2D eigenvalue weighted by Gasteiger charge is -2.26. The predicted molar refractivity (Wildman–Crippen MR) is 82.4 cm³/mol. The lowest BCUT2D eigenvalue weighted by Crippen LogP contribution is -2.39. The van der Waals surface area contributed by atoms with Gasteiger partial charge in [-0.05, 0) is 44.4 Å². The molecule has 0 heterocycles. The first-order valence-corrected chi connectivity index (χ1v) is 7.63. The molecule has 0 saturated carbocycles. The Bertz CT molecular complexity index is 472. The van der Waals surface area contributed by atoms with E-state index in [1.807, 2.05) is 44.4 Å². The lowest BCUT2D eigenvalue weighted by molar-refractivity contribution is 0.0711. The van der Waals surface area contributed by atoms with Crippen LogP contribution in [0.5, 0.6) is 0 Å². The van der Waals surface area contributed by atoms with E-state index < -0.39 is 0 Å². The fraction of sp³-hybridized carbons (Fsp3) is 0.429. The summed E-state index contributed by atoms with van der Waals surface area (Å²) in [4.78, 5) is 15.3. The average molecular weight is 295 g/mol. The third-order valence-electron chi connectivity index (χ3n) is 2.96. The minimum atomic E-state index is -0.0432. The topological polar surface area (TPSA) is 78.9 Å². The Morgan fingerprint density at radius 3 is 2.45 bits per heavy atom. The number of amidine groups is 1. The molecule has 0 aliphatic rings. The minimum Gasteiger partial charge on any atom is -0.409 e. The molecule has 1 amide bonds. The first kappa shape index (κ1) is 16.4. The van der Waals surface area contributed by atoms with Crippen LogP contribution in [0.4, 0.5) is 0 Å². The fourth-order valence-corrected chi connectivity index (χ4v) is 2.19. The van der Waals surface area contributed by atoms with Crippen LogP contribution < -0.4 is 5.73 Å². The van der Waals surface area contributed by atoms with Gasteiger partial charge in [0.25, 0.3) is 5.91 Å². The molecular formula is C14H21N3O2S. The second kappa shape index (κ2) is 7.79. The van der Waals surface area contributed by atoms with Crippen molar-refractivity contribution in [2.75, 3.05) is 12.8 Å². The normalized spacial score (nSPS) is 11.7. The van der Waals surface area contributed by atoms with Crippen molar-refractivity contribution in [3.05, 3.63) is 29.8 Å². The lowest BCUT2D eigenvalue weighted by atomic mass is 10.1. The Kier molecular flexibility index (Phi) is 6.38. The van der Waals surface area contributed by atoms with Crippen molar-refractivity contribution in [2.45, 2.75) is 31.2 Å². The summed E-state index contributed by atoms with van der Waals surface area (Å²) in [7, 11) is 0. The Balaban J connectivity index is 2.82. The number of amides is 1. The molecule has 0 aliphatic heterocycles. The number of nitrogens with two attached hydrogens (primary N) is 1. The van der Waals surface area contributed by atoms with Crippen LogP contribution in [-0.2, 0) is 0 Å². The number of thioether (sulfide) groups is 1. The highest BCUT2D eigenvalue weighted by atomic mass is 32.2. The summed E-state index contributed by atoms with van der Waals surface area (Å²) in [6.45, 7) is 4.32. The number of carbonyl (C=O) groups is 1. The monoisotopic (exact) mass is 295 g/mol. The molecule has 0 radical (unpaired) electrons. The highest BCUT2D eigenvalue weighted by Crippen LogP contribution is 2.16. The van der Waals surface area contributed by atoms with Crippen molar-refractivity contribution >= 4 is 23.5 Å². The Morgan fingerprint density at radius 2 is 2.00 bits per heavy atom. The maximum Gasteiger partial charge on any atom is 0.254 e. The summed E-state index contributed by atoms with van der Waals surface area (Å²) >= 11 is 1.64. The molecule has 1 rings (SSSR count). The molecule has 6 heteroatoms. The third-order valence-corrected chi connectivity index (χ3v) is 3.70. The summed E-state index contributed by atoms with van der Waals surface area (Å²) in [5, 5.41) is 11.5. The van der Waals surface area contributed by atoms with E-state index in [2.05, 4.69) is 5.16 Å². The van der Waals surface area contributed by atoms with Crippen LogP contribution in [0, 0.1) is 0 Å². The quantitative estimate of drug-likeness (QED) is 0.278. The molecule has 0 fully saturated rings. The zero-order valence-electron chi connectivity index (χ0n) is 12.0. The summed E-state index contributed by atoms with van der Waals surface area (Å²) in [6, 6.07) is 7.56. The second-order valence-electron chi connectivity index (χ2n) is 4.66. The van der Waals surface area contributed by atoms with Crippen LogP contribution in [0.15, 0.2) is 34.3 Å². The van der Waals surface area contributed by atoms with Gasteiger partial charge in [-0.25, -0.2) is 0 Å². The third kappa shape index (κ3) is 4.45. The van der Waals surface area contributed by atoms with Gasteiger partial charge < -0.3 is 15.8 Å². The number of carbonyl (C=O) groups excluding carboxylic acids is 1. The van der Waals surface area contributed by atoms with E-state index in [0.717, 1.165) is 4.90 Å². The molecule has 0 bridgehead atoms. The van der Waals surface area contributed by atoms with Crippen LogP contribution >= 0.6 is 11.8 Å². The Morgan fingerprint density at radius 1 is 1.40 bits per heavy atom. The predicted octanol–water partition coefficient (Wildman–Crippen LogP) is 2.40. The van der Waals surface area contributed by atoms with E-state index in [1.165, 1.54) is 0 Å². The highest BCUT2D eigenvalue weighted by molar-refractivity contribution is 7.98. The van der Waals surface area contributed by atoms with Gasteiger partial charge in [0.1, 0.15) is 5.84 Å². The van der Waals surface area contributed by atoms with Gasteiger partial charge in [-0.1, -0.05) is 5.16 Å². The number of rotatable bonds is 6. The maximum atomic E-state index is 12.5. The molecular weight excluding hydrogens is 274 g/mol. The Hall–Kier alpha value is -1.69. The van der Waals surface area contributed by atoms with Gasteiger partial charge in [-0.2, -0.15) is 0 Å². The van der Waals surface area contributed by atoms with Crippen molar-refractivity contribution < 1.29 is 10.0 Å². The number of hydrogen-bond acceptors (Lipinski definition) is 4. The molecule has 0 atom stereocenters. The van der Waals surface area contributed by atoms with E-state index in [0.29, 0.717) is 18.5 Å². The zero-order valence-corrected chi connectivity index (χ0v) is 12.9. The summed E-state index contributed by atoms with van der Waals surface area (Å²) in [6.07, 6.45) is 2.34. The van der Waals surface area contributed by atoms with E-state index >= 15 is 0 Å². The van der Waals surface area contributed by atoms with E-state index in [1.54, 1.807) is 16.7 Å².